The van der Waals surface area contributed by atoms with E-state index in [0.717, 1.165) is 17.4 Å². The van der Waals surface area contributed by atoms with Gasteiger partial charge in [0.05, 0.1) is 14.2 Å². The monoisotopic (exact) mass is 257 g/mol. The van der Waals surface area contributed by atoms with E-state index in [0.29, 0.717) is 22.7 Å². The van der Waals surface area contributed by atoms with E-state index in [4.69, 9.17) is 15.2 Å². The lowest BCUT2D eigenvalue weighted by Crippen LogP contribution is -1.95. The zero-order valence-electron chi connectivity index (χ0n) is 10.8. The molecule has 0 saturated heterocycles. The quantitative estimate of drug-likeness (QED) is 0.675. The number of carbonyl (C=O) groups is 1. The highest BCUT2D eigenvalue weighted by Crippen LogP contribution is 2.37. The van der Waals surface area contributed by atoms with Crippen LogP contribution in [0.5, 0.6) is 11.5 Å². The van der Waals surface area contributed by atoms with Crippen LogP contribution in [0.4, 0.5) is 5.69 Å². The topological polar surface area (TPSA) is 61.5 Å². The van der Waals surface area contributed by atoms with Crippen molar-refractivity contribution in [3.63, 3.8) is 0 Å². The van der Waals surface area contributed by atoms with Crippen molar-refractivity contribution < 1.29 is 14.3 Å². The normalized spacial score (nSPS) is 10.0. The van der Waals surface area contributed by atoms with Gasteiger partial charge in [0.1, 0.15) is 17.8 Å². The molecule has 19 heavy (non-hydrogen) atoms. The van der Waals surface area contributed by atoms with Crippen LogP contribution in [-0.4, -0.2) is 20.5 Å². The molecule has 2 aromatic rings. The molecule has 0 aliphatic carbocycles. The van der Waals surface area contributed by atoms with Crippen LogP contribution in [0.25, 0.3) is 11.1 Å². The molecule has 0 saturated carbocycles. The van der Waals surface area contributed by atoms with Crippen LogP contribution in [-0.2, 0) is 0 Å². The molecule has 0 spiro atoms. The van der Waals surface area contributed by atoms with Crippen LogP contribution in [0.3, 0.4) is 0 Å². The third-order valence-electron chi connectivity index (χ3n) is 2.88. The molecule has 2 rings (SSSR count). The SMILES string of the molecule is COc1cc(N)ccc1-c1cc(C=O)ccc1OC. The van der Waals surface area contributed by atoms with Gasteiger partial charge < -0.3 is 15.2 Å². The van der Waals surface area contributed by atoms with Crippen molar-refractivity contribution >= 4 is 12.0 Å². The number of carbonyl (C=O) groups excluding carboxylic acids is 1. The first-order chi connectivity index (χ1) is 9.19. The van der Waals surface area contributed by atoms with E-state index in [1.165, 1.54) is 0 Å². The lowest BCUT2D eigenvalue weighted by atomic mass is 10.0. The minimum Gasteiger partial charge on any atom is -0.496 e. The molecule has 4 heteroatoms. The summed E-state index contributed by atoms with van der Waals surface area (Å²) in [5.41, 5.74) is 8.56. The predicted molar refractivity (Wildman–Crippen MR) is 74.8 cm³/mol. The summed E-state index contributed by atoms with van der Waals surface area (Å²) in [6.07, 6.45) is 0.798. The predicted octanol–water partition coefficient (Wildman–Crippen LogP) is 2.77. The van der Waals surface area contributed by atoms with Crippen LogP contribution in [0.1, 0.15) is 10.4 Å². The number of aldehydes is 1. The summed E-state index contributed by atoms with van der Waals surface area (Å²) < 4.78 is 10.7. The van der Waals surface area contributed by atoms with Gasteiger partial charge in [-0.15, -0.1) is 0 Å². The molecule has 0 fully saturated rings. The van der Waals surface area contributed by atoms with E-state index >= 15 is 0 Å². The Morgan fingerprint density at radius 1 is 0.947 bits per heavy atom. The van der Waals surface area contributed by atoms with E-state index < -0.39 is 0 Å². The number of nitrogens with two attached hydrogens (primary N) is 1. The molecule has 98 valence electrons. The number of hydrogen-bond acceptors (Lipinski definition) is 4. The van der Waals surface area contributed by atoms with Crippen molar-refractivity contribution in [3.05, 3.63) is 42.0 Å². The molecule has 0 radical (unpaired) electrons. The average Bonchev–Trinajstić information content (AvgIpc) is 2.46. The van der Waals surface area contributed by atoms with Crippen molar-refractivity contribution in [2.24, 2.45) is 0 Å². The molecule has 0 aliphatic rings. The summed E-state index contributed by atoms with van der Waals surface area (Å²) in [6.45, 7) is 0. The Morgan fingerprint density at radius 3 is 2.32 bits per heavy atom. The van der Waals surface area contributed by atoms with Gasteiger partial charge in [0, 0.05) is 28.4 Å². The van der Waals surface area contributed by atoms with Gasteiger partial charge >= 0.3 is 0 Å². The molecule has 2 aromatic carbocycles. The van der Waals surface area contributed by atoms with E-state index in [9.17, 15) is 4.79 Å². The van der Waals surface area contributed by atoms with Crippen molar-refractivity contribution in [1.29, 1.82) is 0 Å². The van der Waals surface area contributed by atoms with Gasteiger partial charge in [-0.1, -0.05) is 0 Å². The summed E-state index contributed by atoms with van der Waals surface area (Å²) >= 11 is 0. The number of hydrogen-bond donors (Lipinski definition) is 1. The summed E-state index contributed by atoms with van der Waals surface area (Å²) in [4.78, 5) is 10.9. The largest absolute Gasteiger partial charge is 0.496 e. The van der Waals surface area contributed by atoms with Gasteiger partial charge in [-0.05, 0) is 30.3 Å². The Bertz CT molecular complexity index is 608. The van der Waals surface area contributed by atoms with Gasteiger partial charge in [0.25, 0.3) is 0 Å². The second-order valence-electron chi connectivity index (χ2n) is 4.04. The molecule has 0 aliphatic heterocycles. The first-order valence-electron chi connectivity index (χ1n) is 5.76. The number of rotatable bonds is 4. The fourth-order valence-corrected chi connectivity index (χ4v) is 1.94. The Balaban J connectivity index is 2.66. The van der Waals surface area contributed by atoms with Gasteiger partial charge in [-0.3, -0.25) is 4.79 Å². The molecule has 0 bridgehead atoms. The first-order valence-corrected chi connectivity index (χ1v) is 5.76. The first kappa shape index (κ1) is 13.0. The standard InChI is InChI=1S/C15H15NO3/c1-18-14-6-3-10(9-17)7-13(14)12-5-4-11(16)8-15(12)19-2/h3-9H,16H2,1-2H3. The van der Waals surface area contributed by atoms with Gasteiger partial charge in [0.15, 0.2) is 0 Å². The maximum absolute atomic E-state index is 10.9. The highest BCUT2D eigenvalue weighted by Gasteiger charge is 2.12. The average molecular weight is 257 g/mol. The van der Waals surface area contributed by atoms with Crippen LogP contribution >= 0.6 is 0 Å². The van der Waals surface area contributed by atoms with E-state index in [2.05, 4.69) is 0 Å². The highest BCUT2D eigenvalue weighted by molar-refractivity contribution is 5.84. The number of anilines is 1. The zero-order chi connectivity index (χ0) is 13.8. The lowest BCUT2D eigenvalue weighted by Gasteiger charge is -2.13. The van der Waals surface area contributed by atoms with Crippen molar-refractivity contribution in [2.45, 2.75) is 0 Å². The Kier molecular flexibility index (Phi) is 3.71. The molecule has 4 nitrogen and oxygen atoms in total. The summed E-state index contributed by atoms with van der Waals surface area (Å²) in [6, 6.07) is 10.6. The molecule has 0 aromatic heterocycles. The number of nitrogen functional groups attached to an aromatic ring is 1. The molecular formula is C15H15NO3. The van der Waals surface area contributed by atoms with Crippen LogP contribution < -0.4 is 15.2 Å². The van der Waals surface area contributed by atoms with Gasteiger partial charge in [-0.25, -0.2) is 0 Å². The summed E-state index contributed by atoms with van der Waals surface area (Å²) in [7, 11) is 3.16. The fraction of sp³-hybridized carbons (Fsp3) is 0.133. The second-order valence-corrected chi connectivity index (χ2v) is 4.04. The Labute approximate surface area is 111 Å². The Morgan fingerprint density at radius 2 is 1.68 bits per heavy atom. The third kappa shape index (κ3) is 2.52. The van der Waals surface area contributed by atoms with E-state index in [1.54, 1.807) is 44.6 Å². The number of methoxy groups -OCH3 is 2. The molecule has 0 amide bonds. The van der Waals surface area contributed by atoms with Crippen LogP contribution in [0, 0.1) is 0 Å². The third-order valence-corrected chi connectivity index (χ3v) is 2.88. The van der Waals surface area contributed by atoms with Crippen LogP contribution in [0.2, 0.25) is 0 Å². The lowest BCUT2D eigenvalue weighted by molar-refractivity contribution is 0.112. The number of ether oxygens (including phenoxy) is 2. The fourth-order valence-electron chi connectivity index (χ4n) is 1.94. The minimum atomic E-state index is 0.578. The summed E-state index contributed by atoms with van der Waals surface area (Å²) in [5, 5.41) is 0. The van der Waals surface area contributed by atoms with Crippen molar-refractivity contribution in [3.8, 4) is 22.6 Å². The Hall–Kier alpha value is -2.49. The van der Waals surface area contributed by atoms with Crippen molar-refractivity contribution in [1.82, 2.24) is 0 Å². The molecule has 0 unspecified atom stereocenters. The van der Waals surface area contributed by atoms with Crippen LogP contribution in [0.15, 0.2) is 36.4 Å². The minimum absolute atomic E-state index is 0.578. The molecule has 2 N–H and O–H groups in total. The maximum atomic E-state index is 10.9. The number of benzene rings is 2. The van der Waals surface area contributed by atoms with E-state index in [-0.39, 0.29) is 0 Å². The summed E-state index contributed by atoms with van der Waals surface area (Å²) in [5.74, 6) is 1.31. The van der Waals surface area contributed by atoms with Crippen molar-refractivity contribution in [2.75, 3.05) is 20.0 Å². The zero-order valence-corrected chi connectivity index (χ0v) is 10.8. The second kappa shape index (κ2) is 5.44. The van der Waals surface area contributed by atoms with E-state index in [1.807, 2.05) is 6.07 Å². The van der Waals surface area contributed by atoms with Gasteiger partial charge in [0.2, 0.25) is 0 Å². The highest BCUT2D eigenvalue weighted by atomic mass is 16.5. The van der Waals surface area contributed by atoms with Gasteiger partial charge in [-0.2, -0.15) is 0 Å². The molecular weight excluding hydrogens is 242 g/mol. The molecule has 0 atom stereocenters. The molecule has 0 heterocycles. The smallest absolute Gasteiger partial charge is 0.150 e. The maximum Gasteiger partial charge on any atom is 0.150 e.